The van der Waals surface area contributed by atoms with Crippen LogP contribution in [0.1, 0.15) is 200 Å². The van der Waals surface area contributed by atoms with E-state index in [-0.39, 0.29) is 26.1 Å². The SMILES string of the molecule is CCCCCCCCCCCCCCCCCCCCCCCCCC(=O)OC(COC(=O)CCCCCC)COP(=O)([O-])OCC[N+](C)(C)C. The molecule has 0 aliphatic rings. The molecule has 0 aromatic carbocycles. The minimum Gasteiger partial charge on any atom is -0.756 e. The van der Waals surface area contributed by atoms with Crippen LogP contribution in [-0.4, -0.2) is 70.0 Å². The normalized spacial score (nSPS) is 13.6. The van der Waals surface area contributed by atoms with Crippen molar-refractivity contribution < 1.29 is 42.1 Å². The predicted molar refractivity (Wildman–Crippen MR) is 208 cm³/mol. The summed E-state index contributed by atoms with van der Waals surface area (Å²) in [5, 5.41) is 0. The van der Waals surface area contributed by atoms with Crippen LogP contribution in [0.3, 0.4) is 0 Å². The van der Waals surface area contributed by atoms with Crippen LogP contribution in [0.2, 0.25) is 0 Å². The van der Waals surface area contributed by atoms with Crippen LogP contribution in [0.5, 0.6) is 0 Å². The number of ether oxygens (including phenoxy) is 2. The molecular weight excluding hydrogens is 665 g/mol. The smallest absolute Gasteiger partial charge is 0.306 e. The molecule has 2 atom stereocenters. The van der Waals surface area contributed by atoms with E-state index in [9.17, 15) is 19.0 Å². The summed E-state index contributed by atoms with van der Waals surface area (Å²) in [6.45, 7) is 4.12. The molecule has 0 aliphatic heterocycles. The van der Waals surface area contributed by atoms with E-state index in [1.807, 2.05) is 21.1 Å². The van der Waals surface area contributed by atoms with Gasteiger partial charge >= 0.3 is 11.9 Å². The number of nitrogens with zero attached hydrogens (tertiary/aromatic N) is 1. The number of carbonyl (C=O) groups excluding carboxylic acids is 2. The van der Waals surface area contributed by atoms with E-state index < -0.39 is 32.5 Å². The maximum atomic E-state index is 12.6. The van der Waals surface area contributed by atoms with Gasteiger partial charge in [0.25, 0.3) is 7.82 Å². The second-order valence-electron chi connectivity index (χ2n) is 15.7. The van der Waals surface area contributed by atoms with Gasteiger partial charge in [0.2, 0.25) is 0 Å². The van der Waals surface area contributed by atoms with Gasteiger partial charge in [-0.15, -0.1) is 0 Å². The van der Waals surface area contributed by atoms with Crippen molar-refractivity contribution in [3.63, 3.8) is 0 Å². The van der Waals surface area contributed by atoms with Crippen LogP contribution >= 0.6 is 7.82 Å². The minimum atomic E-state index is -4.60. The Balaban J connectivity index is 3.99. The summed E-state index contributed by atoms with van der Waals surface area (Å²) in [6, 6.07) is 0. The van der Waals surface area contributed by atoms with Crippen LogP contribution < -0.4 is 4.89 Å². The Kier molecular flexibility index (Phi) is 34.1. The highest BCUT2D eigenvalue weighted by atomic mass is 31.2. The molecule has 304 valence electrons. The number of rotatable bonds is 39. The Morgan fingerprint density at radius 1 is 0.529 bits per heavy atom. The molecule has 51 heavy (non-hydrogen) atoms. The summed E-state index contributed by atoms with van der Waals surface area (Å²) in [4.78, 5) is 37.0. The number of hydrogen-bond acceptors (Lipinski definition) is 8. The Morgan fingerprint density at radius 2 is 0.882 bits per heavy atom. The van der Waals surface area contributed by atoms with E-state index in [1.165, 1.54) is 128 Å². The molecule has 0 bridgehead atoms. The monoisotopic (exact) mass is 748 g/mol. The van der Waals surface area contributed by atoms with Gasteiger partial charge in [0.1, 0.15) is 19.8 Å². The molecular formula is C41H82NO8P. The lowest BCUT2D eigenvalue weighted by atomic mass is 10.0. The third-order valence-electron chi connectivity index (χ3n) is 9.38. The van der Waals surface area contributed by atoms with Crippen LogP contribution in [0, 0.1) is 0 Å². The van der Waals surface area contributed by atoms with Crippen molar-refractivity contribution in [2.75, 3.05) is 47.5 Å². The van der Waals surface area contributed by atoms with Gasteiger partial charge in [-0.3, -0.25) is 14.2 Å². The molecule has 0 aromatic rings. The Bertz CT molecular complexity index is 850. The zero-order valence-electron chi connectivity index (χ0n) is 34.1. The van der Waals surface area contributed by atoms with Gasteiger partial charge in [-0.1, -0.05) is 174 Å². The molecule has 2 unspecified atom stereocenters. The van der Waals surface area contributed by atoms with E-state index in [2.05, 4.69) is 13.8 Å². The van der Waals surface area contributed by atoms with Gasteiger partial charge in [0, 0.05) is 12.8 Å². The molecule has 0 saturated heterocycles. The number of hydrogen-bond donors (Lipinski definition) is 0. The zero-order chi connectivity index (χ0) is 37.9. The zero-order valence-corrected chi connectivity index (χ0v) is 35.0. The highest BCUT2D eigenvalue weighted by Gasteiger charge is 2.21. The molecule has 0 heterocycles. The van der Waals surface area contributed by atoms with Gasteiger partial charge in [-0.05, 0) is 12.8 Å². The fourth-order valence-electron chi connectivity index (χ4n) is 6.01. The molecule has 0 rings (SSSR count). The van der Waals surface area contributed by atoms with E-state index in [4.69, 9.17) is 18.5 Å². The van der Waals surface area contributed by atoms with Gasteiger partial charge in [0.05, 0.1) is 27.7 Å². The summed E-state index contributed by atoms with van der Waals surface area (Å²) >= 11 is 0. The number of likely N-dealkylation sites (N-methyl/N-ethyl adjacent to an activating group) is 1. The van der Waals surface area contributed by atoms with Gasteiger partial charge in [-0.2, -0.15) is 0 Å². The van der Waals surface area contributed by atoms with Crippen molar-refractivity contribution in [3.8, 4) is 0 Å². The van der Waals surface area contributed by atoms with Crippen molar-refractivity contribution in [2.45, 2.75) is 206 Å². The molecule has 0 fully saturated rings. The van der Waals surface area contributed by atoms with Gasteiger partial charge < -0.3 is 27.9 Å². The number of esters is 2. The number of phosphoric ester groups is 1. The van der Waals surface area contributed by atoms with Crippen molar-refractivity contribution >= 4 is 19.8 Å². The van der Waals surface area contributed by atoms with Crippen molar-refractivity contribution in [3.05, 3.63) is 0 Å². The molecule has 9 nitrogen and oxygen atoms in total. The van der Waals surface area contributed by atoms with Crippen LogP contribution in [0.4, 0.5) is 0 Å². The number of carbonyl (C=O) groups is 2. The summed E-state index contributed by atoms with van der Waals surface area (Å²) in [6.07, 6.45) is 33.5. The first kappa shape index (κ1) is 50.0. The average Bonchev–Trinajstić information content (AvgIpc) is 3.07. The van der Waals surface area contributed by atoms with Crippen molar-refractivity contribution in [2.24, 2.45) is 0 Å². The third kappa shape index (κ3) is 38.5. The maximum Gasteiger partial charge on any atom is 0.306 e. The molecule has 0 N–H and O–H groups in total. The lowest BCUT2D eigenvalue weighted by Gasteiger charge is -2.28. The fourth-order valence-corrected chi connectivity index (χ4v) is 6.74. The number of unbranched alkanes of at least 4 members (excludes halogenated alkanes) is 25. The average molecular weight is 748 g/mol. The number of phosphoric acid groups is 1. The van der Waals surface area contributed by atoms with Gasteiger partial charge in [0.15, 0.2) is 6.10 Å². The fraction of sp³-hybridized carbons (Fsp3) is 0.951. The Hall–Kier alpha value is -0.990. The lowest BCUT2D eigenvalue weighted by molar-refractivity contribution is -0.870. The second kappa shape index (κ2) is 34.8. The maximum absolute atomic E-state index is 12.6. The summed E-state index contributed by atoms with van der Waals surface area (Å²) in [5.41, 5.74) is 0. The molecule has 10 heteroatoms. The van der Waals surface area contributed by atoms with E-state index >= 15 is 0 Å². The molecule has 0 saturated carbocycles. The van der Waals surface area contributed by atoms with Crippen LogP contribution in [0.15, 0.2) is 0 Å². The van der Waals surface area contributed by atoms with Gasteiger partial charge in [-0.25, -0.2) is 0 Å². The molecule has 0 radical (unpaired) electrons. The number of quaternary nitrogens is 1. The van der Waals surface area contributed by atoms with E-state index in [1.54, 1.807) is 0 Å². The van der Waals surface area contributed by atoms with Crippen LogP contribution in [0.25, 0.3) is 0 Å². The highest BCUT2D eigenvalue weighted by Crippen LogP contribution is 2.38. The second-order valence-corrected chi connectivity index (χ2v) is 17.1. The van der Waals surface area contributed by atoms with Crippen molar-refractivity contribution in [1.82, 2.24) is 0 Å². The summed E-state index contributed by atoms with van der Waals surface area (Å²) < 4.78 is 33.6. The molecule has 0 spiro atoms. The predicted octanol–water partition coefficient (Wildman–Crippen LogP) is 11.0. The molecule has 0 amide bonds. The Labute approximate surface area is 314 Å². The largest absolute Gasteiger partial charge is 0.756 e. The van der Waals surface area contributed by atoms with Crippen molar-refractivity contribution in [1.29, 1.82) is 0 Å². The summed E-state index contributed by atoms with van der Waals surface area (Å²) in [7, 11) is 1.18. The quantitative estimate of drug-likeness (QED) is 0.0264. The standard InChI is InChI=1S/C41H82NO8P/c1-6-8-10-12-13-14-15-16-17-18-19-20-21-22-23-24-25-26-27-28-29-30-32-34-41(44)50-39(37-47-40(43)33-31-11-9-7-2)38-49-51(45,46)48-36-35-42(3,4)5/h39H,6-38H2,1-5H3. The first-order valence-electron chi connectivity index (χ1n) is 21.2. The molecule has 0 aliphatic carbocycles. The highest BCUT2D eigenvalue weighted by molar-refractivity contribution is 7.45. The first-order valence-corrected chi connectivity index (χ1v) is 22.7. The third-order valence-corrected chi connectivity index (χ3v) is 10.3. The minimum absolute atomic E-state index is 0.0268. The van der Waals surface area contributed by atoms with E-state index in [0.29, 0.717) is 17.4 Å². The summed E-state index contributed by atoms with van der Waals surface area (Å²) in [5.74, 6) is -0.843. The van der Waals surface area contributed by atoms with Crippen LogP contribution in [-0.2, 0) is 32.7 Å². The molecule has 0 aromatic heterocycles. The lowest BCUT2D eigenvalue weighted by Crippen LogP contribution is -2.37. The first-order chi connectivity index (χ1) is 24.5. The van der Waals surface area contributed by atoms with E-state index in [0.717, 1.165) is 38.5 Å². The Morgan fingerprint density at radius 3 is 1.27 bits per heavy atom. The topological polar surface area (TPSA) is 111 Å².